The first-order valence-corrected chi connectivity index (χ1v) is 5.02. The van der Waals surface area contributed by atoms with Gasteiger partial charge in [-0.2, -0.15) is 0 Å². The zero-order valence-corrected chi connectivity index (χ0v) is 9.41. The predicted octanol–water partition coefficient (Wildman–Crippen LogP) is 0.908. The third kappa shape index (κ3) is 6.86. The SMILES string of the molecule is CCCN(CCOC)CCC(=O)OC. The number of hydrogen-bond donors (Lipinski definition) is 0. The quantitative estimate of drug-likeness (QED) is 0.550. The molecule has 14 heavy (non-hydrogen) atoms. The Kier molecular flexibility index (Phi) is 8.57. The summed E-state index contributed by atoms with van der Waals surface area (Å²) in [6.07, 6.45) is 1.55. The lowest BCUT2D eigenvalue weighted by molar-refractivity contribution is -0.141. The van der Waals surface area contributed by atoms with E-state index < -0.39 is 0 Å². The van der Waals surface area contributed by atoms with Gasteiger partial charge in [0.1, 0.15) is 0 Å². The normalized spacial score (nSPS) is 10.6. The molecule has 0 aliphatic carbocycles. The summed E-state index contributed by atoms with van der Waals surface area (Å²) in [5, 5.41) is 0. The van der Waals surface area contributed by atoms with Gasteiger partial charge in [0, 0.05) is 20.2 Å². The predicted molar refractivity (Wildman–Crippen MR) is 55.2 cm³/mol. The second kappa shape index (κ2) is 8.97. The molecule has 4 nitrogen and oxygen atoms in total. The molecule has 0 atom stereocenters. The molecule has 0 radical (unpaired) electrons. The zero-order valence-electron chi connectivity index (χ0n) is 9.41. The molecule has 0 rings (SSSR count). The minimum atomic E-state index is -0.150. The van der Waals surface area contributed by atoms with Gasteiger partial charge in [0.05, 0.1) is 20.1 Å². The summed E-state index contributed by atoms with van der Waals surface area (Å²) in [7, 11) is 3.10. The van der Waals surface area contributed by atoms with Crippen LogP contribution in [0.5, 0.6) is 0 Å². The highest BCUT2D eigenvalue weighted by atomic mass is 16.5. The van der Waals surface area contributed by atoms with E-state index in [9.17, 15) is 4.79 Å². The summed E-state index contributed by atoms with van der Waals surface area (Å²) >= 11 is 0. The molecule has 0 aromatic carbocycles. The highest BCUT2D eigenvalue weighted by Gasteiger charge is 2.06. The Morgan fingerprint density at radius 1 is 1.21 bits per heavy atom. The van der Waals surface area contributed by atoms with Crippen molar-refractivity contribution in [2.24, 2.45) is 0 Å². The Morgan fingerprint density at radius 2 is 1.93 bits per heavy atom. The van der Waals surface area contributed by atoms with Crippen LogP contribution in [0.2, 0.25) is 0 Å². The van der Waals surface area contributed by atoms with E-state index in [2.05, 4.69) is 16.6 Å². The first kappa shape index (κ1) is 13.4. The van der Waals surface area contributed by atoms with E-state index >= 15 is 0 Å². The largest absolute Gasteiger partial charge is 0.469 e. The van der Waals surface area contributed by atoms with Gasteiger partial charge in [-0.3, -0.25) is 4.79 Å². The molecule has 0 unspecified atom stereocenters. The van der Waals surface area contributed by atoms with Gasteiger partial charge in [0.25, 0.3) is 0 Å². The van der Waals surface area contributed by atoms with Crippen LogP contribution in [-0.2, 0) is 14.3 Å². The zero-order chi connectivity index (χ0) is 10.8. The lowest BCUT2D eigenvalue weighted by Crippen LogP contribution is -2.30. The molecular formula is C10H21NO3. The van der Waals surface area contributed by atoms with Crippen molar-refractivity contribution in [3.8, 4) is 0 Å². The van der Waals surface area contributed by atoms with E-state index in [-0.39, 0.29) is 5.97 Å². The van der Waals surface area contributed by atoms with Crippen LogP contribution in [0.3, 0.4) is 0 Å². The van der Waals surface area contributed by atoms with Crippen LogP contribution in [0.1, 0.15) is 19.8 Å². The van der Waals surface area contributed by atoms with Gasteiger partial charge in [-0.15, -0.1) is 0 Å². The van der Waals surface area contributed by atoms with Gasteiger partial charge in [0.15, 0.2) is 0 Å². The average molecular weight is 203 g/mol. The summed E-state index contributed by atoms with van der Waals surface area (Å²) in [6.45, 7) is 5.46. The lowest BCUT2D eigenvalue weighted by atomic mass is 10.3. The molecule has 0 spiro atoms. The summed E-state index contributed by atoms with van der Waals surface area (Å²) in [6, 6.07) is 0. The van der Waals surface area contributed by atoms with Crippen LogP contribution in [0.25, 0.3) is 0 Å². The maximum absolute atomic E-state index is 10.9. The Labute approximate surface area is 86.2 Å². The van der Waals surface area contributed by atoms with Gasteiger partial charge in [-0.05, 0) is 13.0 Å². The molecule has 0 aromatic rings. The van der Waals surface area contributed by atoms with E-state index in [1.165, 1.54) is 7.11 Å². The summed E-state index contributed by atoms with van der Waals surface area (Å²) in [5.74, 6) is -0.150. The highest BCUT2D eigenvalue weighted by molar-refractivity contribution is 5.69. The number of nitrogens with zero attached hydrogens (tertiary/aromatic N) is 1. The third-order valence-electron chi connectivity index (χ3n) is 2.01. The average Bonchev–Trinajstić information content (AvgIpc) is 2.21. The van der Waals surface area contributed by atoms with Gasteiger partial charge < -0.3 is 14.4 Å². The van der Waals surface area contributed by atoms with Crippen molar-refractivity contribution in [2.75, 3.05) is 40.5 Å². The molecular weight excluding hydrogens is 182 g/mol. The van der Waals surface area contributed by atoms with E-state index in [0.717, 1.165) is 26.1 Å². The molecule has 0 heterocycles. The topological polar surface area (TPSA) is 38.8 Å². The molecule has 0 saturated carbocycles. The number of carbonyl (C=O) groups is 1. The van der Waals surface area contributed by atoms with Gasteiger partial charge >= 0.3 is 5.97 Å². The van der Waals surface area contributed by atoms with Crippen LogP contribution in [0, 0.1) is 0 Å². The van der Waals surface area contributed by atoms with Gasteiger partial charge in [-0.1, -0.05) is 6.92 Å². The third-order valence-corrected chi connectivity index (χ3v) is 2.01. The fraction of sp³-hybridized carbons (Fsp3) is 0.900. The van der Waals surface area contributed by atoms with E-state index in [1.807, 2.05) is 0 Å². The van der Waals surface area contributed by atoms with Crippen molar-refractivity contribution in [1.82, 2.24) is 4.90 Å². The van der Waals surface area contributed by atoms with Crippen LogP contribution in [0.4, 0.5) is 0 Å². The van der Waals surface area contributed by atoms with Gasteiger partial charge in [0.2, 0.25) is 0 Å². The summed E-state index contributed by atoms with van der Waals surface area (Å²) < 4.78 is 9.58. The first-order chi connectivity index (χ1) is 6.74. The van der Waals surface area contributed by atoms with Gasteiger partial charge in [-0.25, -0.2) is 0 Å². The van der Waals surface area contributed by atoms with E-state index in [0.29, 0.717) is 13.0 Å². The Balaban J connectivity index is 3.66. The van der Waals surface area contributed by atoms with E-state index in [1.54, 1.807) is 7.11 Å². The molecule has 0 bridgehead atoms. The van der Waals surface area contributed by atoms with Crippen molar-refractivity contribution < 1.29 is 14.3 Å². The summed E-state index contributed by atoms with van der Waals surface area (Å²) in [5.41, 5.74) is 0. The molecule has 0 saturated heterocycles. The standard InChI is InChI=1S/C10H21NO3/c1-4-6-11(8-9-13-2)7-5-10(12)14-3/h4-9H2,1-3H3. The Morgan fingerprint density at radius 3 is 2.43 bits per heavy atom. The molecule has 4 heteroatoms. The molecule has 0 aromatic heterocycles. The second-order valence-electron chi connectivity index (χ2n) is 3.16. The van der Waals surface area contributed by atoms with Crippen molar-refractivity contribution in [3.05, 3.63) is 0 Å². The van der Waals surface area contributed by atoms with Crippen molar-refractivity contribution in [1.29, 1.82) is 0 Å². The molecule has 84 valence electrons. The van der Waals surface area contributed by atoms with E-state index in [4.69, 9.17) is 4.74 Å². The monoisotopic (exact) mass is 203 g/mol. The second-order valence-corrected chi connectivity index (χ2v) is 3.16. The van der Waals surface area contributed by atoms with Crippen LogP contribution in [-0.4, -0.2) is 51.3 Å². The number of ether oxygens (including phenoxy) is 2. The van der Waals surface area contributed by atoms with Crippen LogP contribution in [0.15, 0.2) is 0 Å². The minimum Gasteiger partial charge on any atom is -0.469 e. The minimum absolute atomic E-state index is 0.150. The van der Waals surface area contributed by atoms with Crippen molar-refractivity contribution in [2.45, 2.75) is 19.8 Å². The molecule has 0 aliphatic heterocycles. The van der Waals surface area contributed by atoms with Crippen molar-refractivity contribution >= 4 is 5.97 Å². The van der Waals surface area contributed by atoms with Crippen LogP contribution >= 0.6 is 0 Å². The van der Waals surface area contributed by atoms with Crippen LogP contribution < -0.4 is 0 Å². The van der Waals surface area contributed by atoms with Crippen molar-refractivity contribution in [3.63, 3.8) is 0 Å². The molecule has 0 aliphatic rings. The number of hydrogen-bond acceptors (Lipinski definition) is 4. The molecule has 0 N–H and O–H groups in total. The molecule has 0 fully saturated rings. The number of methoxy groups -OCH3 is 2. The highest BCUT2D eigenvalue weighted by Crippen LogP contribution is 1.95. The maximum atomic E-state index is 10.9. The number of carbonyl (C=O) groups excluding carboxylic acids is 1. The number of rotatable bonds is 8. The fourth-order valence-corrected chi connectivity index (χ4v) is 1.22. The smallest absolute Gasteiger partial charge is 0.306 e. The first-order valence-electron chi connectivity index (χ1n) is 5.02. The Hall–Kier alpha value is -0.610. The maximum Gasteiger partial charge on any atom is 0.306 e. The number of esters is 1. The lowest BCUT2D eigenvalue weighted by Gasteiger charge is -2.20. The summed E-state index contributed by atoms with van der Waals surface area (Å²) in [4.78, 5) is 13.1. The fourth-order valence-electron chi connectivity index (χ4n) is 1.22. The molecule has 0 amide bonds. The Bertz CT molecular complexity index is 150.